The number of aliphatic carboxylic acids is 1. The molecular weight excluding hydrogens is 356 g/mol. The van der Waals surface area contributed by atoms with E-state index in [1.54, 1.807) is 0 Å². The van der Waals surface area contributed by atoms with Gasteiger partial charge in [0.2, 0.25) is 0 Å². The van der Waals surface area contributed by atoms with E-state index in [2.05, 4.69) is 48.5 Å². The molecule has 2 heteroatoms. The molecule has 2 nitrogen and oxygen atoms in total. The van der Waals surface area contributed by atoms with E-state index < -0.39 is 5.97 Å². The van der Waals surface area contributed by atoms with Crippen LogP contribution in [-0.4, -0.2) is 11.1 Å². The highest BCUT2D eigenvalue weighted by molar-refractivity contribution is 5.67. The molecule has 0 aromatic heterocycles. The third-order valence-electron chi connectivity index (χ3n) is 12.3. The van der Waals surface area contributed by atoms with Crippen molar-refractivity contribution in [2.24, 2.45) is 57.2 Å². The molecule has 166 valence electrons. The maximum absolute atomic E-state index is 11.4. The van der Waals surface area contributed by atoms with Crippen molar-refractivity contribution in [2.75, 3.05) is 0 Å². The van der Waals surface area contributed by atoms with Crippen LogP contribution in [0.15, 0.2) is 0 Å². The Morgan fingerprint density at radius 3 is 2.21 bits per heavy atom. The van der Waals surface area contributed by atoms with Crippen LogP contribution in [0.25, 0.3) is 0 Å². The van der Waals surface area contributed by atoms with Crippen molar-refractivity contribution in [3.05, 3.63) is 0 Å². The molecule has 4 aliphatic carbocycles. The quantitative estimate of drug-likeness (QED) is 0.533. The number of rotatable bonds is 3. The molecule has 29 heavy (non-hydrogen) atoms. The number of carboxylic acid groups (broad SMARTS) is 1. The number of hydrogen-bond donors (Lipinski definition) is 1. The van der Waals surface area contributed by atoms with E-state index in [4.69, 9.17) is 0 Å². The second kappa shape index (κ2) is 6.73. The van der Waals surface area contributed by atoms with Gasteiger partial charge in [-0.25, -0.2) is 0 Å². The Kier molecular flexibility index (Phi) is 5.04. The average molecular weight is 403 g/mol. The van der Waals surface area contributed by atoms with Gasteiger partial charge in [-0.2, -0.15) is 0 Å². The number of carbonyl (C=O) groups is 1. The van der Waals surface area contributed by atoms with E-state index >= 15 is 0 Å². The van der Waals surface area contributed by atoms with Crippen LogP contribution in [0.2, 0.25) is 0 Å². The largest absolute Gasteiger partial charge is 0.481 e. The van der Waals surface area contributed by atoms with Gasteiger partial charge in [0, 0.05) is 6.42 Å². The predicted molar refractivity (Wildman–Crippen MR) is 120 cm³/mol. The minimum Gasteiger partial charge on any atom is -0.481 e. The fourth-order valence-corrected chi connectivity index (χ4v) is 10.1. The van der Waals surface area contributed by atoms with E-state index in [0.29, 0.717) is 39.9 Å². The molecule has 0 aliphatic heterocycles. The molecule has 3 unspecified atom stereocenters. The normalized spacial score (nSPS) is 52.2. The van der Waals surface area contributed by atoms with Gasteiger partial charge in [0.25, 0.3) is 0 Å². The highest BCUT2D eigenvalue weighted by Gasteiger charge is 2.67. The van der Waals surface area contributed by atoms with Gasteiger partial charge < -0.3 is 5.11 Å². The molecule has 1 N–H and O–H groups in total. The Bertz CT molecular complexity index is 667. The third-order valence-corrected chi connectivity index (χ3v) is 12.3. The minimum atomic E-state index is -0.616. The summed E-state index contributed by atoms with van der Waals surface area (Å²) in [5, 5.41) is 9.41. The highest BCUT2D eigenvalue weighted by atomic mass is 16.4. The molecule has 0 amide bonds. The van der Waals surface area contributed by atoms with Crippen molar-refractivity contribution < 1.29 is 9.90 Å². The van der Waals surface area contributed by atoms with Crippen molar-refractivity contribution in [1.82, 2.24) is 0 Å². The van der Waals surface area contributed by atoms with Gasteiger partial charge >= 0.3 is 5.97 Å². The topological polar surface area (TPSA) is 37.3 Å². The predicted octanol–water partition coefficient (Wildman–Crippen LogP) is 7.42. The molecule has 0 radical (unpaired) electrons. The molecule has 4 fully saturated rings. The van der Waals surface area contributed by atoms with Gasteiger partial charge in [-0.3, -0.25) is 4.79 Å². The van der Waals surface area contributed by atoms with E-state index in [1.807, 2.05) is 0 Å². The van der Waals surface area contributed by atoms with Crippen molar-refractivity contribution in [1.29, 1.82) is 0 Å². The third kappa shape index (κ3) is 2.82. The second-order valence-electron chi connectivity index (χ2n) is 13.2. The van der Waals surface area contributed by atoms with Gasteiger partial charge in [0.15, 0.2) is 0 Å². The van der Waals surface area contributed by atoms with E-state index in [0.717, 1.165) is 23.7 Å². The second-order valence-corrected chi connectivity index (χ2v) is 13.2. The van der Waals surface area contributed by atoms with Crippen LogP contribution in [-0.2, 0) is 4.79 Å². The van der Waals surface area contributed by atoms with Crippen molar-refractivity contribution in [3.8, 4) is 0 Å². The minimum absolute atomic E-state index is 0.303. The van der Waals surface area contributed by atoms with Crippen LogP contribution in [0.3, 0.4) is 0 Å². The first-order chi connectivity index (χ1) is 13.4. The van der Waals surface area contributed by atoms with Crippen LogP contribution >= 0.6 is 0 Å². The Morgan fingerprint density at radius 2 is 1.55 bits per heavy atom. The SMILES string of the molecule is C[C@H](CC(=O)O)[C@H]1CC[C@@]2(C)C3CCC4C(C)(C)[C@@H](C)CC[C@]4(C)C3CC[C@]12C. The first kappa shape index (κ1) is 21.7. The van der Waals surface area contributed by atoms with Crippen LogP contribution < -0.4 is 0 Å². The standard InChI is InChI=1S/C27H46O2/c1-17(16-23(28)29)19-11-14-27(7)21-8-9-22-24(3,4)18(2)10-13-25(22,5)20(21)12-15-26(19,27)6/h17-22H,8-16H2,1-7H3,(H,28,29)/t17-,18+,19-,20?,21?,22?,25-,26-,27+/m1/s1. The fourth-order valence-electron chi connectivity index (χ4n) is 10.1. The van der Waals surface area contributed by atoms with Crippen LogP contribution in [0, 0.1) is 57.2 Å². The zero-order valence-electron chi connectivity index (χ0n) is 20.2. The summed E-state index contributed by atoms with van der Waals surface area (Å²) in [7, 11) is 0. The summed E-state index contributed by atoms with van der Waals surface area (Å²) in [6.07, 6.45) is 11.2. The number of carboxylic acids is 1. The lowest BCUT2D eigenvalue weighted by Gasteiger charge is -2.67. The fraction of sp³-hybridized carbons (Fsp3) is 0.963. The summed E-state index contributed by atoms with van der Waals surface area (Å²) >= 11 is 0. The number of fused-ring (bicyclic) bond motifs is 5. The summed E-state index contributed by atoms with van der Waals surface area (Å²) in [6, 6.07) is 0. The lowest BCUT2D eigenvalue weighted by molar-refractivity contribution is -0.188. The maximum Gasteiger partial charge on any atom is 0.303 e. The molecular formula is C27H46O2. The summed E-state index contributed by atoms with van der Waals surface area (Å²) in [5.74, 6) is 3.70. The highest BCUT2D eigenvalue weighted by Crippen LogP contribution is 2.75. The van der Waals surface area contributed by atoms with Gasteiger partial charge in [-0.15, -0.1) is 0 Å². The van der Waals surface area contributed by atoms with Gasteiger partial charge in [-0.1, -0.05) is 48.5 Å². The Labute approximate surface area is 179 Å². The summed E-state index contributed by atoms with van der Waals surface area (Å²) < 4.78 is 0. The summed E-state index contributed by atoms with van der Waals surface area (Å²) in [5.41, 5.74) is 1.69. The number of hydrogen-bond acceptors (Lipinski definition) is 1. The zero-order chi connectivity index (χ0) is 21.4. The van der Waals surface area contributed by atoms with Crippen molar-refractivity contribution in [2.45, 2.75) is 106 Å². The molecule has 4 rings (SSSR count). The molecule has 0 heterocycles. The molecule has 4 saturated carbocycles. The monoisotopic (exact) mass is 402 g/mol. The summed E-state index contributed by atoms with van der Waals surface area (Å²) in [4.78, 5) is 11.4. The van der Waals surface area contributed by atoms with Crippen LogP contribution in [0.4, 0.5) is 0 Å². The molecule has 0 aromatic rings. The Balaban J connectivity index is 1.65. The van der Waals surface area contributed by atoms with Gasteiger partial charge in [0.1, 0.15) is 0 Å². The molecule has 0 bridgehead atoms. The average Bonchev–Trinajstić information content (AvgIpc) is 2.90. The van der Waals surface area contributed by atoms with E-state index in [1.165, 1.54) is 51.4 Å². The van der Waals surface area contributed by atoms with Crippen LogP contribution in [0.1, 0.15) is 106 Å². The Morgan fingerprint density at radius 1 is 0.897 bits per heavy atom. The lowest BCUT2D eigenvalue weighted by atomic mass is 9.37. The molecule has 0 spiro atoms. The van der Waals surface area contributed by atoms with Crippen molar-refractivity contribution >= 4 is 5.97 Å². The van der Waals surface area contributed by atoms with Crippen molar-refractivity contribution in [3.63, 3.8) is 0 Å². The molecule has 9 atom stereocenters. The zero-order valence-corrected chi connectivity index (χ0v) is 20.2. The Hall–Kier alpha value is -0.530. The van der Waals surface area contributed by atoms with Crippen LogP contribution in [0.5, 0.6) is 0 Å². The van der Waals surface area contributed by atoms with Gasteiger partial charge in [0.05, 0.1) is 0 Å². The molecule has 0 aromatic carbocycles. The van der Waals surface area contributed by atoms with E-state index in [-0.39, 0.29) is 0 Å². The first-order valence-electron chi connectivity index (χ1n) is 12.6. The molecule has 0 saturated heterocycles. The smallest absolute Gasteiger partial charge is 0.303 e. The molecule has 4 aliphatic rings. The van der Waals surface area contributed by atoms with E-state index in [9.17, 15) is 9.90 Å². The van der Waals surface area contributed by atoms with Gasteiger partial charge in [-0.05, 0) is 109 Å². The maximum atomic E-state index is 11.4. The summed E-state index contributed by atoms with van der Waals surface area (Å²) in [6.45, 7) is 17.7. The lowest BCUT2D eigenvalue weighted by Crippen LogP contribution is -2.60. The first-order valence-corrected chi connectivity index (χ1v) is 12.6.